The van der Waals surface area contributed by atoms with E-state index in [0.29, 0.717) is 25.9 Å². The maximum atomic E-state index is 12.4. The van der Waals surface area contributed by atoms with Crippen LogP contribution in [0.1, 0.15) is 69.6 Å². The number of aromatic nitrogens is 2. The van der Waals surface area contributed by atoms with Gasteiger partial charge in [0, 0.05) is 31.3 Å². The maximum Gasteiger partial charge on any atom is 0.490 e. The van der Waals surface area contributed by atoms with Gasteiger partial charge in [0.25, 0.3) is 5.56 Å². The summed E-state index contributed by atoms with van der Waals surface area (Å²) in [6.45, 7) is 0.569. The van der Waals surface area contributed by atoms with E-state index in [2.05, 4.69) is 18.1 Å². The summed E-state index contributed by atoms with van der Waals surface area (Å²) in [4.78, 5) is 73.4. The number of aromatic amines is 1. The lowest BCUT2D eigenvalue weighted by molar-refractivity contribution is -0.173. The van der Waals surface area contributed by atoms with Gasteiger partial charge in [0.05, 0.1) is 12.7 Å². The highest BCUT2D eigenvalue weighted by Gasteiger charge is 2.43. The van der Waals surface area contributed by atoms with Crippen molar-refractivity contribution in [3.05, 3.63) is 32.6 Å². The molecular formula is C23H39F3N3O16P3. The largest absolute Gasteiger partial charge is 0.490 e. The molecule has 2 rings (SSSR count). The molecule has 6 N–H and O–H groups in total. The molecule has 1 aromatic rings. The first kappa shape index (κ1) is 42.4. The monoisotopic (exact) mass is 763 g/mol. The number of ether oxygens (including phenoxy) is 3. The van der Waals surface area contributed by atoms with E-state index in [4.69, 9.17) is 24.0 Å². The highest BCUT2D eigenvalue weighted by molar-refractivity contribution is 7.66. The number of nitrogens with one attached hydrogen (secondary N) is 2. The minimum atomic E-state index is -5.76. The number of nitrogens with zero attached hydrogens (tertiary/aromatic N) is 1. The van der Waals surface area contributed by atoms with E-state index >= 15 is 0 Å². The van der Waals surface area contributed by atoms with E-state index in [9.17, 15) is 51.0 Å². The number of aryl methyl sites for hydroxylation is 1. The Kier molecular flexibility index (Phi) is 16.8. The molecule has 25 heteroatoms. The van der Waals surface area contributed by atoms with Gasteiger partial charge < -0.3 is 39.1 Å². The van der Waals surface area contributed by atoms with Crippen LogP contribution in [-0.4, -0.2) is 80.0 Å². The zero-order valence-electron chi connectivity index (χ0n) is 25.6. The summed E-state index contributed by atoms with van der Waals surface area (Å²) in [5, 5.41) is 1.82. The standard InChI is InChI=1S/C23H39F3N3O16P3/c1-16-13-29(22(32)28-20(16)30)19-12-17(18(43-19)14-42-47(36,37)45-48(38,39)44-46(33,34)35)41-15-40-11-9-7-5-3-2-4-6-8-10-27-21(31)23(24,25)26/h13,17-19H,2-12,14-15H2,1H3,(H,27,31)(H,36,37)(H,38,39)(H,28,30,32)(H2,33,34,35)/t17-,18+,19+/m0/s1. The minimum Gasteiger partial charge on any atom is -0.355 e. The lowest BCUT2D eigenvalue weighted by atomic mass is 10.1. The fourth-order valence-electron chi connectivity index (χ4n) is 4.35. The number of carbonyl (C=O) groups excluding carboxylic acids is 1. The molecule has 2 heterocycles. The first-order valence-corrected chi connectivity index (χ1v) is 19.0. The molecule has 0 aromatic carbocycles. The van der Waals surface area contributed by atoms with Crippen molar-refractivity contribution in [1.82, 2.24) is 14.9 Å². The zero-order valence-corrected chi connectivity index (χ0v) is 28.3. The van der Waals surface area contributed by atoms with E-state index in [1.807, 2.05) is 5.32 Å². The summed E-state index contributed by atoms with van der Waals surface area (Å²) in [5.74, 6) is -1.95. The van der Waals surface area contributed by atoms with E-state index in [1.165, 1.54) is 13.1 Å². The van der Waals surface area contributed by atoms with Gasteiger partial charge in [-0.1, -0.05) is 38.5 Å². The van der Waals surface area contributed by atoms with E-state index in [0.717, 1.165) is 36.7 Å². The topological polar surface area (TPSA) is 271 Å². The van der Waals surface area contributed by atoms with Gasteiger partial charge in [-0.3, -0.25) is 23.7 Å². The minimum absolute atomic E-state index is 0.0364. The third-order valence-electron chi connectivity index (χ3n) is 6.58. The molecule has 1 saturated heterocycles. The Hall–Kier alpha value is -1.77. The number of H-pyrrole nitrogens is 1. The number of unbranched alkanes of at least 4 members (excludes halogenated alkanes) is 7. The summed E-state index contributed by atoms with van der Waals surface area (Å²) < 4.78 is 101. The van der Waals surface area contributed by atoms with Gasteiger partial charge in [0.2, 0.25) is 0 Å². The molecule has 0 aliphatic carbocycles. The fourth-order valence-corrected chi connectivity index (χ4v) is 7.38. The van der Waals surface area contributed by atoms with Crippen LogP contribution < -0.4 is 16.6 Å². The molecule has 1 aliphatic heterocycles. The molecule has 278 valence electrons. The zero-order chi connectivity index (χ0) is 36.2. The van der Waals surface area contributed by atoms with Crippen LogP contribution in [0.2, 0.25) is 0 Å². The highest BCUT2D eigenvalue weighted by Crippen LogP contribution is 2.66. The third kappa shape index (κ3) is 16.3. The lowest BCUT2D eigenvalue weighted by Gasteiger charge is -2.21. The molecule has 1 aromatic heterocycles. The normalized spacial score (nSPS) is 21.1. The van der Waals surface area contributed by atoms with Crippen molar-refractivity contribution in [1.29, 1.82) is 0 Å². The van der Waals surface area contributed by atoms with Crippen molar-refractivity contribution < 1.29 is 78.6 Å². The number of alkyl halides is 3. The van der Waals surface area contributed by atoms with Crippen LogP contribution in [0.25, 0.3) is 0 Å². The maximum absolute atomic E-state index is 12.4. The highest BCUT2D eigenvalue weighted by atomic mass is 31.3. The van der Waals surface area contributed by atoms with Crippen LogP contribution in [0.5, 0.6) is 0 Å². The molecule has 1 fully saturated rings. The van der Waals surface area contributed by atoms with Crippen molar-refractivity contribution in [3.63, 3.8) is 0 Å². The number of rotatable bonds is 22. The molecular weight excluding hydrogens is 724 g/mol. The van der Waals surface area contributed by atoms with Crippen molar-refractivity contribution >= 4 is 29.4 Å². The van der Waals surface area contributed by atoms with Crippen LogP contribution in [0.15, 0.2) is 15.8 Å². The SMILES string of the molecule is Cc1cn([C@H]2C[C@H](OCOCCCCCCCCCCNC(=O)C(F)(F)F)[C@@H](COP(=O)(O)OP(=O)(O)OP(=O)(O)O)O2)c(=O)[nH]c1=O. The fraction of sp³-hybridized carbons (Fsp3) is 0.783. The Labute approximate surface area is 271 Å². The van der Waals surface area contributed by atoms with Gasteiger partial charge in [-0.25, -0.2) is 18.5 Å². The van der Waals surface area contributed by atoms with Crippen molar-refractivity contribution in [2.45, 2.75) is 89.3 Å². The molecule has 48 heavy (non-hydrogen) atoms. The molecule has 2 unspecified atom stereocenters. The Morgan fingerprint density at radius 1 is 1.00 bits per heavy atom. The number of halogens is 3. The number of amides is 1. The molecule has 19 nitrogen and oxygen atoms in total. The number of phosphoric acid groups is 3. The lowest BCUT2D eigenvalue weighted by Crippen LogP contribution is -2.37. The van der Waals surface area contributed by atoms with Crippen molar-refractivity contribution in [3.8, 4) is 0 Å². The molecule has 1 aliphatic rings. The third-order valence-corrected chi connectivity index (χ3v) is 10.4. The van der Waals surface area contributed by atoms with Crippen LogP contribution in [0.4, 0.5) is 13.2 Å². The van der Waals surface area contributed by atoms with Crippen molar-refractivity contribution in [2.75, 3.05) is 26.6 Å². The average molecular weight is 763 g/mol. The van der Waals surface area contributed by atoms with Gasteiger partial charge in [0.15, 0.2) is 0 Å². The summed E-state index contributed by atoms with van der Waals surface area (Å²) in [7, 11) is -16.8. The first-order valence-electron chi connectivity index (χ1n) is 14.5. The molecule has 0 spiro atoms. The number of phosphoric ester groups is 1. The van der Waals surface area contributed by atoms with Gasteiger partial charge in [0.1, 0.15) is 19.1 Å². The van der Waals surface area contributed by atoms with Crippen LogP contribution in [0.3, 0.4) is 0 Å². The van der Waals surface area contributed by atoms with E-state index in [1.54, 1.807) is 0 Å². The van der Waals surface area contributed by atoms with Gasteiger partial charge in [-0.15, -0.1) is 0 Å². The van der Waals surface area contributed by atoms with Gasteiger partial charge in [-0.05, 0) is 19.8 Å². The molecule has 0 radical (unpaired) electrons. The van der Waals surface area contributed by atoms with E-state index < -0.39 is 71.8 Å². The van der Waals surface area contributed by atoms with Crippen LogP contribution in [-0.2, 0) is 45.8 Å². The molecule has 5 atom stereocenters. The van der Waals surface area contributed by atoms with Crippen molar-refractivity contribution in [2.24, 2.45) is 0 Å². The second-order valence-corrected chi connectivity index (χ2v) is 15.0. The summed E-state index contributed by atoms with van der Waals surface area (Å²) >= 11 is 0. The Morgan fingerprint density at radius 2 is 1.60 bits per heavy atom. The Balaban J connectivity index is 1.78. The van der Waals surface area contributed by atoms with Gasteiger partial charge >= 0.3 is 41.2 Å². The smallest absolute Gasteiger partial charge is 0.355 e. The molecule has 0 saturated carbocycles. The Morgan fingerprint density at radius 3 is 2.21 bits per heavy atom. The number of carbonyl (C=O) groups is 1. The van der Waals surface area contributed by atoms with E-state index in [-0.39, 0.29) is 25.3 Å². The summed E-state index contributed by atoms with van der Waals surface area (Å²) in [5.41, 5.74) is -1.28. The number of hydrogen-bond acceptors (Lipinski definition) is 12. The average Bonchev–Trinajstić information content (AvgIpc) is 3.34. The quantitative estimate of drug-likeness (QED) is 0.0563. The summed E-state index contributed by atoms with van der Waals surface area (Å²) in [6.07, 6.45) is -0.877. The number of hydrogen-bond donors (Lipinski definition) is 6. The molecule has 0 bridgehead atoms. The van der Waals surface area contributed by atoms with Gasteiger partial charge in [-0.2, -0.15) is 21.8 Å². The second kappa shape index (κ2) is 19.0. The van der Waals surface area contributed by atoms with Crippen LogP contribution in [0, 0.1) is 6.92 Å². The predicted octanol–water partition coefficient (Wildman–Crippen LogP) is 2.63. The van der Waals surface area contributed by atoms with Crippen LogP contribution >= 0.6 is 23.5 Å². The Bertz CT molecular complexity index is 1450. The predicted molar refractivity (Wildman–Crippen MR) is 156 cm³/mol. The first-order chi connectivity index (χ1) is 22.2. The molecule has 1 amide bonds. The second-order valence-electron chi connectivity index (χ2n) is 10.5. The summed E-state index contributed by atoms with van der Waals surface area (Å²) in [6, 6.07) is 0.